The molecule has 1 unspecified atom stereocenters. The summed E-state index contributed by atoms with van der Waals surface area (Å²) in [5.74, 6) is 0. The fourth-order valence-corrected chi connectivity index (χ4v) is 2.68. The van der Waals surface area contributed by atoms with Gasteiger partial charge in [0.15, 0.2) is 0 Å². The van der Waals surface area contributed by atoms with E-state index in [0.29, 0.717) is 6.54 Å². The van der Waals surface area contributed by atoms with Gasteiger partial charge in [-0.25, -0.2) is 0 Å². The molecule has 0 saturated carbocycles. The van der Waals surface area contributed by atoms with Crippen molar-refractivity contribution in [3.05, 3.63) is 48.0 Å². The number of aliphatic hydroxyl groups is 1. The SMILES string of the molecule is CN(C)CCCN(C)CC(O)c1cccc2ccccc12. The van der Waals surface area contributed by atoms with Crippen LogP contribution >= 0.6 is 0 Å². The van der Waals surface area contributed by atoms with E-state index in [4.69, 9.17) is 0 Å². The quantitative estimate of drug-likeness (QED) is 0.848. The van der Waals surface area contributed by atoms with Crippen molar-refractivity contribution in [2.24, 2.45) is 0 Å². The predicted molar refractivity (Wildman–Crippen MR) is 89.6 cm³/mol. The summed E-state index contributed by atoms with van der Waals surface area (Å²) in [4.78, 5) is 4.39. The van der Waals surface area contributed by atoms with Crippen LogP contribution in [0.15, 0.2) is 42.5 Å². The van der Waals surface area contributed by atoms with E-state index < -0.39 is 6.10 Å². The summed E-state index contributed by atoms with van der Waals surface area (Å²) in [6.45, 7) is 2.75. The van der Waals surface area contributed by atoms with E-state index in [-0.39, 0.29) is 0 Å². The van der Waals surface area contributed by atoms with Crippen LogP contribution in [0.25, 0.3) is 10.8 Å². The third-order valence-electron chi connectivity index (χ3n) is 3.81. The summed E-state index contributed by atoms with van der Waals surface area (Å²) in [7, 11) is 6.25. The molecule has 0 aromatic heterocycles. The lowest BCUT2D eigenvalue weighted by Gasteiger charge is -2.22. The number of nitrogens with zero attached hydrogens (tertiary/aromatic N) is 2. The summed E-state index contributed by atoms with van der Waals surface area (Å²) < 4.78 is 0. The molecular formula is C18H26N2O. The zero-order valence-corrected chi connectivity index (χ0v) is 13.3. The van der Waals surface area contributed by atoms with Crippen molar-refractivity contribution < 1.29 is 5.11 Å². The molecule has 0 amide bonds. The molecule has 2 aromatic rings. The second-order valence-electron chi connectivity index (χ2n) is 6.00. The first-order valence-electron chi connectivity index (χ1n) is 7.57. The van der Waals surface area contributed by atoms with Crippen molar-refractivity contribution in [1.82, 2.24) is 9.80 Å². The van der Waals surface area contributed by atoms with E-state index >= 15 is 0 Å². The van der Waals surface area contributed by atoms with Gasteiger partial charge in [-0.2, -0.15) is 0 Å². The van der Waals surface area contributed by atoms with Crippen LogP contribution in [0.2, 0.25) is 0 Å². The van der Waals surface area contributed by atoms with Gasteiger partial charge in [-0.15, -0.1) is 0 Å². The van der Waals surface area contributed by atoms with E-state index in [1.807, 2.05) is 24.3 Å². The van der Waals surface area contributed by atoms with Gasteiger partial charge in [0.05, 0.1) is 6.10 Å². The molecule has 114 valence electrons. The molecule has 1 N–H and O–H groups in total. The summed E-state index contributed by atoms with van der Waals surface area (Å²) in [5.41, 5.74) is 1.02. The summed E-state index contributed by atoms with van der Waals surface area (Å²) >= 11 is 0. The Bertz CT molecular complexity index is 563. The standard InChI is InChI=1S/C18H26N2O/c1-19(2)12-7-13-20(3)14-18(21)17-11-6-9-15-8-4-5-10-16(15)17/h4-6,8-11,18,21H,7,12-14H2,1-3H3. The Morgan fingerprint density at radius 1 is 0.952 bits per heavy atom. The average molecular weight is 286 g/mol. The van der Waals surface area contributed by atoms with Gasteiger partial charge in [-0.3, -0.25) is 0 Å². The highest BCUT2D eigenvalue weighted by Crippen LogP contribution is 2.24. The number of aliphatic hydroxyl groups excluding tert-OH is 1. The highest BCUT2D eigenvalue weighted by molar-refractivity contribution is 5.85. The van der Waals surface area contributed by atoms with Crippen LogP contribution in [-0.4, -0.2) is 55.7 Å². The molecule has 0 heterocycles. The van der Waals surface area contributed by atoms with E-state index in [9.17, 15) is 5.11 Å². The van der Waals surface area contributed by atoms with Gasteiger partial charge < -0.3 is 14.9 Å². The van der Waals surface area contributed by atoms with Gasteiger partial charge in [-0.1, -0.05) is 42.5 Å². The van der Waals surface area contributed by atoms with Crippen LogP contribution in [-0.2, 0) is 0 Å². The number of likely N-dealkylation sites (N-methyl/N-ethyl adjacent to an activating group) is 1. The maximum Gasteiger partial charge on any atom is 0.0922 e. The van der Waals surface area contributed by atoms with Crippen LogP contribution in [0.5, 0.6) is 0 Å². The highest BCUT2D eigenvalue weighted by Gasteiger charge is 2.13. The van der Waals surface area contributed by atoms with Gasteiger partial charge in [0, 0.05) is 6.54 Å². The molecule has 0 saturated heterocycles. The smallest absolute Gasteiger partial charge is 0.0922 e. The normalized spacial score (nSPS) is 13.2. The second-order valence-corrected chi connectivity index (χ2v) is 6.00. The van der Waals surface area contributed by atoms with Gasteiger partial charge in [0.25, 0.3) is 0 Å². The van der Waals surface area contributed by atoms with Crippen LogP contribution in [0.1, 0.15) is 18.1 Å². The lowest BCUT2D eigenvalue weighted by molar-refractivity contribution is 0.126. The van der Waals surface area contributed by atoms with Crippen LogP contribution < -0.4 is 0 Å². The molecule has 2 rings (SSSR count). The lowest BCUT2D eigenvalue weighted by atomic mass is 10.00. The number of fused-ring (bicyclic) bond motifs is 1. The third kappa shape index (κ3) is 4.53. The Morgan fingerprint density at radius 2 is 1.67 bits per heavy atom. The maximum absolute atomic E-state index is 10.5. The first-order chi connectivity index (χ1) is 10.1. The fourth-order valence-electron chi connectivity index (χ4n) is 2.68. The molecule has 0 spiro atoms. The van der Waals surface area contributed by atoms with Crippen LogP contribution in [0.4, 0.5) is 0 Å². The van der Waals surface area contributed by atoms with Crippen molar-refractivity contribution in [3.8, 4) is 0 Å². The molecular weight excluding hydrogens is 260 g/mol. The van der Waals surface area contributed by atoms with E-state index in [1.54, 1.807) is 0 Å². The summed E-state index contributed by atoms with van der Waals surface area (Å²) in [6.07, 6.45) is 0.673. The van der Waals surface area contributed by atoms with Gasteiger partial charge >= 0.3 is 0 Å². The van der Waals surface area contributed by atoms with Gasteiger partial charge in [-0.05, 0) is 57.0 Å². The summed E-state index contributed by atoms with van der Waals surface area (Å²) in [5, 5.41) is 12.9. The monoisotopic (exact) mass is 286 g/mol. The fraction of sp³-hybridized carbons (Fsp3) is 0.444. The first-order valence-corrected chi connectivity index (χ1v) is 7.57. The highest BCUT2D eigenvalue weighted by atomic mass is 16.3. The molecule has 0 aliphatic heterocycles. The number of hydrogen-bond acceptors (Lipinski definition) is 3. The Kier molecular flexibility index (Phi) is 5.74. The topological polar surface area (TPSA) is 26.7 Å². The van der Waals surface area contributed by atoms with Gasteiger partial charge in [0.1, 0.15) is 0 Å². The number of benzene rings is 2. The van der Waals surface area contributed by atoms with Crippen molar-refractivity contribution in [2.45, 2.75) is 12.5 Å². The molecule has 0 bridgehead atoms. The third-order valence-corrected chi connectivity index (χ3v) is 3.81. The molecule has 2 aromatic carbocycles. The minimum absolute atomic E-state index is 0.444. The van der Waals surface area contributed by atoms with Crippen molar-refractivity contribution in [2.75, 3.05) is 40.8 Å². The zero-order chi connectivity index (χ0) is 15.2. The van der Waals surface area contributed by atoms with E-state index in [0.717, 1.165) is 30.5 Å². The van der Waals surface area contributed by atoms with Crippen molar-refractivity contribution in [1.29, 1.82) is 0 Å². The average Bonchev–Trinajstić information content (AvgIpc) is 2.46. The Labute approximate surface area is 127 Å². The molecule has 21 heavy (non-hydrogen) atoms. The van der Waals surface area contributed by atoms with E-state index in [1.165, 1.54) is 5.39 Å². The maximum atomic E-state index is 10.5. The molecule has 0 aliphatic rings. The van der Waals surface area contributed by atoms with Crippen LogP contribution in [0.3, 0.4) is 0 Å². The minimum Gasteiger partial charge on any atom is -0.387 e. The largest absolute Gasteiger partial charge is 0.387 e. The van der Waals surface area contributed by atoms with E-state index in [2.05, 4.69) is 49.1 Å². The van der Waals surface area contributed by atoms with Crippen molar-refractivity contribution >= 4 is 10.8 Å². The molecule has 3 nitrogen and oxygen atoms in total. The molecule has 0 fully saturated rings. The first kappa shape index (κ1) is 16.0. The molecule has 3 heteroatoms. The minimum atomic E-state index is -0.444. The zero-order valence-electron chi connectivity index (χ0n) is 13.3. The molecule has 1 atom stereocenters. The Hall–Kier alpha value is -1.42. The second kappa shape index (κ2) is 7.55. The Balaban J connectivity index is 2.00. The van der Waals surface area contributed by atoms with Crippen LogP contribution in [0, 0.1) is 0 Å². The Morgan fingerprint density at radius 3 is 2.43 bits per heavy atom. The molecule has 0 aliphatic carbocycles. The lowest BCUT2D eigenvalue weighted by Crippen LogP contribution is -2.28. The van der Waals surface area contributed by atoms with Gasteiger partial charge in [0.2, 0.25) is 0 Å². The number of rotatable bonds is 7. The summed E-state index contributed by atoms with van der Waals surface area (Å²) in [6, 6.07) is 14.4. The van der Waals surface area contributed by atoms with Crippen molar-refractivity contribution in [3.63, 3.8) is 0 Å². The predicted octanol–water partition coefficient (Wildman–Crippen LogP) is 2.76. The molecule has 0 radical (unpaired) electrons. The number of hydrogen-bond donors (Lipinski definition) is 1.